The van der Waals surface area contributed by atoms with Gasteiger partial charge in [0.25, 0.3) is 0 Å². The smallest absolute Gasteiger partial charge is 0.220 e. The first-order valence-corrected chi connectivity index (χ1v) is 14.9. The van der Waals surface area contributed by atoms with Gasteiger partial charge >= 0.3 is 0 Å². The number of carbonyl (C=O) groups excluding carboxylic acids is 1. The van der Waals surface area contributed by atoms with E-state index in [9.17, 15) is 15.0 Å². The highest BCUT2D eigenvalue weighted by atomic mass is 16.3. The molecule has 0 aromatic heterocycles. The first-order chi connectivity index (χ1) is 16.7. The molecule has 0 unspecified atom stereocenters. The molecule has 0 radical (unpaired) electrons. The van der Waals surface area contributed by atoms with Crippen LogP contribution in [-0.4, -0.2) is 34.9 Å². The highest BCUT2D eigenvalue weighted by molar-refractivity contribution is 5.76. The molecule has 0 saturated carbocycles. The topological polar surface area (TPSA) is 69.6 Å². The van der Waals surface area contributed by atoms with Crippen molar-refractivity contribution in [2.75, 3.05) is 6.61 Å². The molecule has 0 aliphatic carbocycles. The minimum atomic E-state index is -0.672. The summed E-state index contributed by atoms with van der Waals surface area (Å²) in [6, 6.07) is -0.543. The predicted molar refractivity (Wildman–Crippen MR) is 147 cm³/mol. The van der Waals surface area contributed by atoms with Crippen LogP contribution in [0.15, 0.2) is 12.2 Å². The molecule has 2 atom stereocenters. The van der Waals surface area contributed by atoms with E-state index < -0.39 is 12.1 Å². The third kappa shape index (κ3) is 22.9. The van der Waals surface area contributed by atoms with Crippen molar-refractivity contribution in [2.45, 2.75) is 167 Å². The van der Waals surface area contributed by atoms with Crippen molar-refractivity contribution in [3.8, 4) is 0 Å². The second kappa shape index (κ2) is 26.7. The number of aliphatic hydroxyl groups excluding tert-OH is 2. The first-order valence-electron chi connectivity index (χ1n) is 14.9. The minimum Gasteiger partial charge on any atom is -0.394 e. The van der Waals surface area contributed by atoms with E-state index in [1.54, 1.807) is 0 Å². The second-order valence-electron chi connectivity index (χ2n) is 10.2. The SMILES string of the molecule is CCCCCCCCC/C=C/CCCC[C@@H](O)[C@H](CO)NC(=O)CCCCCCCCCCC. The lowest BCUT2D eigenvalue weighted by atomic mass is 10.0. The Morgan fingerprint density at radius 2 is 1.12 bits per heavy atom. The number of carbonyl (C=O) groups is 1. The van der Waals surface area contributed by atoms with Crippen molar-refractivity contribution in [2.24, 2.45) is 0 Å². The Bertz CT molecular complexity index is 452. The third-order valence-corrected chi connectivity index (χ3v) is 6.78. The monoisotopic (exact) mass is 481 g/mol. The summed E-state index contributed by atoms with van der Waals surface area (Å²) in [4.78, 5) is 12.2. The van der Waals surface area contributed by atoms with Crippen LogP contribution in [0.3, 0.4) is 0 Å². The molecule has 34 heavy (non-hydrogen) atoms. The van der Waals surface area contributed by atoms with Gasteiger partial charge < -0.3 is 15.5 Å². The summed E-state index contributed by atoms with van der Waals surface area (Å²) in [6.45, 7) is 4.29. The quantitative estimate of drug-likeness (QED) is 0.0865. The number of hydrogen-bond donors (Lipinski definition) is 3. The largest absolute Gasteiger partial charge is 0.394 e. The fourth-order valence-electron chi connectivity index (χ4n) is 4.41. The van der Waals surface area contributed by atoms with E-state index >= 15 is 0 Å². The van der Waals surface area contributed by atoms with Gasteiger partial charge in [0.2, 0.25) is 5.91 Å². The Morgan fingerprint density at radius 1 is 0.676 bits per heavy atom. The highest BCUT2D eigenvalue weighted by Crippen LogP contribution is 2.12. The van der Waals surface area contributed by atoms with E-state index in [1.807, 2.05) is 0 Å². The van der Waals surface area contributed by atoms with E-state index in [0.29, 0.717) is 12.8 Å². The van der Waals surface area contributed by atoms with Crippen LogP contribution in [-0.2, 0) is 4.79 Å². The molecule has 4 nitrogen and oxygen atoms in total. The zero-order chi connectivity index (χ0) is 25.1. The van der Waals surface area contributed by atoms with Gasteiger partial charge in [0.05, 0.1) is 18.8 Å². The predicted octanol–water partition coefficient (Wildman–Crippen LogP) is 8.00. The number of nitrogens with one attached hydrogen (secondary N) is 1. The summed E-state index contributed by atoms with van der Waals surface area (Å²) in [5.41, 5.74) is 0. The van der Waals surface area contributed by atoms with Gasteiger partial charge in [-0.25, -0.2) is 0 Å². The molecule has 3 N–H and O–H groups in total. The second-order valence-corrected chi connectivity index (χ2v) is 10.2. The normalized spacial score (nSPS) is 13.4. The lowest BCUT2D eigenvalue weighted by Gasteiger charge is -2.22. The molecule has 0 aromatic carbocycles. The standard InChI is InChI=1S/C30H59NO3/c1-3-5-7-9-11-13-14-15-16-18-19-21-23-25-29(33)28(27-32)31-30(34)26-24-22-20-17-12-10-8-6-4-2/h16,18,28-29,32-33H,3-15,17,19-27H2,1-2H3,(H,31,34)/b18-16+/t28-,29+/m0/s1. The molecule has 202 valence electrons. The van der Waals surface area contributed by atoms with Gasteiger partial charge in [0, 0.05) is 6.42 Å². The van der Waals surface area contributed by atoms with Crippen LogP contribution in [0, 0.1) is 0 Å². The molecule has 0 aromatic rings. The molecule has 0 fully saturated rings. The first kappa shape index (κ1) is 33.1. The van der Waals surface area contributed by atoms with Crippen LogP contribution < -0.4 is 5.32 Å². The van der Waals surface area contributed by atoms with Crippen LogP contribution in [0.5, 0.6) is 0 Å². The van der Waals surface area contributed by atoms with Gasteiger partial charge in [-0.1, -0.05) is 122 Å². The van der Waals surface area contributed by atoms with Crippen LogP contribution in [0.4, 0.5) is 0 Å². The van der Waals surface area contributed by atoms with Crippen molar-refractivity contribution < 1.29 is 15.0 Å². The van der Waals surface area contributed by atoms with Crippen molar-refractivity contribution in [3.63, 3.8) is 0 Å². The Hall–Kier alpha value is -0.870. The molecular weight excluding hydrogens is 422 g/mol. The molecule has 0 bridgehead atoms. The fraction of sp³-hybridized carbons (Fsp3) is 0.900. The van der Waals surface area contributed by atoms with E-state index in [0.717, 1.165) is 32.1 Å². The molecule has 0 aliphatic heterocycles. The molecule has 1 amide bonds. The Kier molecular flexibility index (Phi) is 26.0. The molecule has 4 heteroatoms. The lowest BCUT2D eigenvalue weighted by Crippen LogP contribution is -2.45. The molecule has 0 spiro atoms. The number of aliphatic hydroxyl groups is 2. The van der Waals surface area contributed by atoms with Crippen molar-refractivity contribution in [1.29, 1.82) is 0 Å². The highest BCUT2D eigenvalue weighted by Gasteiger charge is 2.19. The molecule has 0 saturated heterocycles. The number of unbranched alkanes of at least 4 members (excludes halogenated alkanes) is 17. The Labute approximate surface area is 212 Å². The fourth-order valence-corrected chi connectivity index (χ4v) is 4.41. The van der Waals surface area contributed by atoms with Crippen LogP contribution >= 0.6 is 0 Å². The van der Waals surface area contributed by atoms with E-state index in [-0.39, 0.29) is 12.5 Å². The van der Waals surface area contributed by atoms with E-state index in [4.69, 9.17) is 0 Å². The summed E-state index contributed by atoms with van der Waals surface area (Å²) >= 11 is 0. The van der Waals surface area contributed by atoms with Gasteiger partial charge in [0.15, 0.2) is 0 Å². The van der Waals surface area contributed by atoms with Crippen LogP contribution in [0.25, 0.3) is 0 Å². The lowest BCUT2D eigenvalue weighted by molar-refractivity contribution is -0.123. The Morgan fingerprint density at radius 3 is 1.62 bits per heavy atom. The van der Waals surface area contributed by atoms with E-state index in [1.165, 1.54) is 96.3 Å². The molecule has 0 aliphatic rings. The zero-order valence-corrected chi connectivity index (χ0v) is 22.9. The van der Waals surface area contributed by atoms with Gasteiger partial charge in [-0.2, -0.15) is 0 Å². The van der Waals surface area contributed by atoms with Gasteiger partial charge in [-0.15, -0.1) is 0 Å². The maximum atomic E-state index is 12.2. The Balaban J connectivity index is 3.66. The minimum absolute atomic E-state index is 0.0469. The number of rotatable bonds is 26. The van der Waals surface area contributed by atoms with Crippen molar-refractivity contribution in [1.82, 2.24) is 5.32 Å². The molecule has 0 rings (SSSR count). The van der Waals surface area contributed by atoms with Crippen molar-refractivity contribution in [3.05, 3.63) is 12.2 Å². The maximum absolute atomic E-state index is 12.2. The number of hydrogen-bond acceptors (Lipinski definition) is 3. The van der Waals surface area contributed by atoms with Gasteiger partial charge in [-0.05, 0) is 38.5 Å². The summed E-state index contributed by atoms with van der Waals surface area (Å²) in [5.74, 6) is -0.0469. The van der Waals surface area contributed by atoms with Crippen LogP contribution in [0.2, 0.25) is 0 Å². The van der Waals surface area contributed by atoms with Gasteiger partial charge in [-0.3, -0.25) is 4.79 Å². The molecule has 0 heterocycles. The zero-order valence-electron chi connectivity index (χ0n) is 22.9. The average molecular weight is 482 g/mol. The third-order valence-electron chi connectivity index (χ3n) is 6.78. The summed E-state index contributed by atoms with van der Waals surface area (Å²) in [7, 11) is 0. The summed E-state index contributed by atoms with van der Waals surface area (Å²) in [5, 5.41) is 22.8. The number of amides is 1. The summed E-state index contributed by atoms with van der Waals surface area (Å²) in [6.07, 6.45) is 29.7. The molecular formula is C30H59NO3. The number of allylic oxidation sites excluding steroid dienone is 2. The van der Waals surface area contributed by atoms with Gasteiger partial charge in [0.1, 0.15) is 0 Å². The summed E-state index contributed by atoms with van der Waals surface area (Å²) < 4.78 is 0. The van der Waals surface area contributed by atoms with Crippen molar-refractivity contribution >= 4 is 5.91 Å². The van der Waals surface area contributed by atoms with E-state index in [2.05, 4.69) is 31.3 Å². The average Bonchev–Trinajstić information content (AvgIpc) is 2.84. The maximum Gasteiger partial charge on any atom is 0.220 e. The van der Waals surface area contributed by atoms with Crippen LogP contribution in [0.1, 0.15) is 155 Å².